The molecule has 0 amide bonds. The number of aromatic nitrogens is 2. The zero-order valence-corrected chi connectivity index (χ0v) is 12.8. The number of ether oxygens (including phenoxy) is 1. The minimum atomic E-state index is -0.753. The average Bonchev–Trinajstić information content (AvgIpc) is 2.85. The number of hydrogen-bond acceptors (Lipinski definition) is 6. The smallest absolute Gasteiger partial charge is 0.257 e. The van der Waals surface area contributed by atoms with Crippen molar-refractivity contribution < 1.29 is 14.4 Å². The molecule has 2 rings (SSSR count). The van der Waals surface area contributed by atoms with Crippen LogP contribution in [-0.2, 0) is 6.54 Å². The van der Waals surface area contributed by atoms with E-state index in [1.54, 1.807) is 21.0 Å². The number of nitrogens with zero attached hydrogens (tertiary/aromatic N) is 3. The molecule has 2 aromatic rings. The summed E-state index contributed by atoms with van der Waals surface area (Å²) in [5, 5.41) is 13.7. The zero-order chi connectivity index (χ0) is 15.5. The molecule has 0 atom stereocenters. The summed E-state index contributed by atoms with van der Waals surface area (Å²) in [7, 11) is 3.53. The molecule has 114 valence electrons. The number of rotatable bonds is 6. The molecule has 1 N–H and O–H groups in total. The number of likely N-dealkylation sites (N-methyl/N-ethyl adjacent to an activating group) is 1. The molecule has 6 nitrogen and oxygen atoms in total. The van der Waals surface area contributed by atoms with Crippen LogP contribution in [0.5, 0.6) is 5.75 Å². The van der Waals surface area contributed by atoms with Crippen molar-refractivity contribution in [3.05, 3.63) is 30.1 Å². The third-order valence-electron chi connectivity index (χ3n) is 2.87. The Kier molecular flexibility index (Phi) is 4.59. The van der Waals surface area contributed by atoms with Crippen LogP contribution in [0.15, 0.2) is 28.8 Å². The van der Waals surface area contributed by atoms with E-state index in [9.17, 15) is 5.11 Å². The Bertz CT molecular complexity index is 573. The number of methoxy groups -OCH3 is 1. The first-order valence-corrected chi connectivity index (χ1v) is 6.75. The number of aliphatic hydroxyl groups is 1. The second kappa shape index (κ2) is 6.24. The molecule has 0 saturated heterocycles. The quantitative estimate of drug-likeness (QED) is 0.877. The summed E-state index contributed by atoms with van der Waals surface area (Å²) in [4.78, 5) is 6.31. The summed E-state index contributed by atoms with van der Waals surface area (Å²) in [6.45, 7) is 4.58. The van der Waals surface area contributed by atoms with Crippen molar-refractivity contribution in [1.82, 2.24) is 15.0 Å². The van der Waals surface area contributed by atoms with Gasteiger partial charge in [0.2, 0.25) is 0 Å². The molecule has 0 aliphatic heterocycles. The van der Waals surface area contributed by atoms with Crippen LogP contribution >= 0.6 is 0 Å². The Morgan fingerprint density at radius 2 is 1.95 bits per heavy atom. The fraction of sp³-hybridized carbons (Fsp3) is 0.467. The molecule has 1 heterocycles. The fourth-order valence-corrected chi connectivity index (χ4v) is 2.13. The summed E-state index contributed by atoms with van der Waals surface area (Å²) in [6, 6.07) is 7.44. The SMILES string of the molecule is COc1ccc(-c2nc(CN(C)CC(C)(C)O)no2)cc1. The lowest BCUT2D eigenvalue weighted by molar-refractivity contribution is 0.0416. The Hall–Kier alpha value is -1.92. The van der Waals surface area contributed by atoms with E-state index in [2.05, 4.69) is 10.1 Å². The highest BCUT2D eigenvalue weighted by atomic mass is 16.5. The van der Waals surface area contributed by atoms with Crippen molar-refractivity contribution in [2.24, 2.45) is 0 Å². The standard InChI is InChI=1S/C15H21N3O3/c1-15(2,19)10-18(3)9-13-16-14(21-17-13)11-5-7-12(20-4)8-6-11/h5-8,19H,9-10H2,1-4H3. The maximum Gasteiger partial charge on any atom is 0.257 e. The second-order valence-corrected chi connectivity index (χ2v) is 5.73. The Labute approximate surface area is 124 Å². The van der Waals surface area contributed by atoms with E-state index in [0.29, 0.717) is 24.8 Å². The molecule has 21 heavy (non-hydrogen) atoms. The first-order chi connectivity index (χ1) is 9.87. The van der Waals surface area contributed by atoms with Crippen LogP contribution in [0, 0.1) is 0 Å². The first kappa shape index (κ1) is 15.5. The number of benzene rings is 1. The van der Waals surface area contributed by atoms with Crippen molar-refractivity contribution in [3.8, 4) is 17.2 Å². The van der Waals surface area contributed by atoms with Crippen molar-refractivity contribution in [1.29, 1.82) is 0 Å². The maximum absolute atomic E-state index is 9.78. The van der Waals surface area contributed by atoms with Gasteiger partial charge in [-0.1, -0.05) is 5.16 Å². The van der Waals surface area contributed by atoms with E-state index in [-0.39, 0.29) is 0 Å². The summed E-state index contributed by atoms with van der Waals surface area (Å²) in [6.07, 6.45) is 0. The van der Waals surface area contributed by atoms with E-state index >= 15 is 0 Å². The molecule has 1 aromatic carbocycles. The van der Waals surface area contributed by atoms with Crippen LogP contribution in [0.3, 0.4) is 0 Å². The van der Waals surface area contributed by atoms with E-state index in [1.807, 2.05) is 36.2 Å². The van der Waals surface area contributed by atoms with Gasteiger partial charge in [0.1, 0.15) is 5.75 Å². The molecule has 0 spiro atoms. The molecule has 1 aromatic heterocycles. The van der Waals surface area contributed by atoms with Crippen LogP contribution < -0.4 is 4.74 Å². The lowest BCUT2D eigenvalue weighted by atomic mass is 10.1. The molecule has 0 aliphatic rings. The largest absolute Gasteiger partial charge is 0.497 e. The van der Waals surface area contributed by atoms with E-state index in [4.69, 9.17) is 9.26 Å². The molecule has 0 saturated carbocycles. The van der Waals surface area contributed by atoms with Gasteiger partial charge in [-0.3, -0.25) is 4.90 Å². The van der Waals surface area contributed by atoms with Gasteiger partial charge < -0.3 is 14.4 Å². The van der Waals surface area contributed by atoms with Gasteiger partial charge in [0.15, 0.2) is 5.82 Å². The van der Waals surface area contributed by atoms with Gasteiger partial charge in [0.05, 0.1) is 19.3 Å². The van der Waals surface area contributed by atoms with Crippen molar-refractivity contribution in [3.63, 3.8) is 0 Å². The summed E-state index contributed by atoms with van der Waals surface area (Å²) < 4.78 is 10.4. The van der Waals surface area contributed by atoms with Gasteiger partial charge in [0.25, 0.3) is 5.89 Å². The molecule has 0 radical (unpaired) electrons. The number of hydrogen-bond donors (Lipinski definition) is 1. The van der Waals surface area contributed by atoms with Crippen LogP contribution in [0.1, 0.15) is 19.7 Å². The molecule has 6 heteroatoms. The van der Waals surface area contributed by atoms with Crippen LogP contribution in [0.25, 0.3) is 11.5 Å². The highest BCUT2D eigenvalue weighted by Crippen LogP contribution is 2.21. The van der Waals surface area contributed by atoms with Gasteiger partial charge in [0, 0.05) is 12.1 Å². The van der Waals surface area contributed by atoms with E-state index in [0.717, 1.165) is 11.3 Å². The molecule has 0 bridgehead atoms. The molecule has 0 fully saturated rings. The van der Waals surface area contributed by atoms with Gasteiger partial charge in [-0.2, -0.15) is 4.98 Å². The Morgan fingerprint density at radius 1 is 1.29 bits per heavy atom. The second-order valence-electron chi connectivity index (χ2n) is 5.73. The van der Waals surface area contributed by atoms with Crippen LogP contribution in [0.2, 0.25) is 0 Å². The Balaban J connectivity index is 2.03. The average molecular weight is 291 g/mol. The molecular formula is C15H21N3O3. The molecule has 0 aliphatic carbocycles. The highest BCUT2D eigenvalue weighted by molar-refractivity contribution is 5.54. The highest BCUT2D eigenvalue weighted by Gasteiger charge is 2.17. The summed E-state index contributed by atoms with van der Waals surface area (Å²) in [5.41, 5.74) is 0.0943. The van der Waals surface area contributed by atoms with Gasteiger partial charge in [-0.05, 0) is 45.2 Å². The topological polar surface area (TPSA) is 71.6 Å². The normalized spacial score (nSPS) is 11.9. The monoisotopic (exact) mass is 291 g/mol. The van der Waals surface area contributed by atoms with Crippen molar-refractivity contribution in [2.45, 2.75) is 26.0 Å². The van der Waals surface area contributed by atoms with E-state index < -0.39 is 5.60 Å². The van der Waals surface area contributed by atoms with Gasteiger partial charge in [-0.15, -0.1) is 0 Å². The van der Waals surface area contributed by atoms with Crippen LogP contribution in [-0.4, -0.2) is 46.5 Å². The zero-order valence-electron chi connectivity index (χ0n) is 12.8. The van der Waals surface area contributed by atoms with E-state index in [1.165, 1.54) is 0 Å². The lowest BCUT2D eigenvalue weighted by Gasteiger charge is -2.24. The lowest BCUT2D eigenvalue weighted by Crippen LogP contribution is -2.36. The minimum absolute atomic E-state index is 0.476. The van der Waals surface area contributed by atoms with Crippen molar-refractivity contribution in [2.75, 3.05) is 20.7 Å². The third-order valence-corrected chi connectivity index (χ3v) is 2.87. The fourth-order valence-electron chi connectivity index (χ4n) is 2.13. The van der Waals surface area contributed by atoms with Crippen molar-refractivity contribution >= 4 is 0 Å². The van der Waals surface area contributed by atoms with Crippen LogP contribution in [0.4, 0.5) is 0 Å². The third kappa shape index (κ3) is 4.54. The van der Waals surface area contributed by atoms with Gasteiger partial charge >= 0.3 is 0 Å². The predicted octanol–water partition coefficient (Wildman–Crippen LogP) is 1.95. The van der Waals surface area contributed by atoms with Gasteiger partial charge in [-0.25, -0.2) is 0 Å². The minimum Gasteiger partial charge on any atom is -0.497 e. The maximum atomic E-state index is 9.78. The molecule has 0 unspecified atom stereocenters. The molecular weight excluding hydrogens is 270 g/mol. The summed E-state index contributed by atoms with van der Waals surface area (Å²) >= 11 is 0. The first-order valence-electron chi connectivity index (χ1n) is 6.75. The summed E-state index contributed by atoms with van der Waals surface area (Å²) in [5.74, 6) is 1.85. The Morgan fingerprint density at radius 3 is 2.52 bits per heavy atom. The predicted molar refractivity (Wildman–Crippen MR) is 78.9 cm³/mol.